The van der Waals surface area contributed by atoms with Crippen molar-refractivity contribution in [1.29, 1.82) is 0 Å². The number of hydrogen-bond donors (Lipinski definition) is 2. The number of carbonyl (C=O) groups excluding carboxylic acids is 1. The smallest absolute Gasteiger partial charge is 0.311 e. The molecular weight excluding hydrogens is 326 g/mol. The molecule has 22 heavy (non-hydrogen) atoms. The van der Waals surface area contributed by atoms with Crippen molar-refractivity contribution in [2.24, 2.45) is 5.10 Å². The Balaban J connectivity index is 1.94. The van der Waals surface area contributed by atoms with E-state index >= 15 is 0 Å². The molecule has 0 fully saturated rings. The largest absolute Gasteiger partial charge is 0.507 e. The number of benzene rings is 1. The quantitative estimate of drug-likeness (QED) is 0.480. The molecule has 0 atom stereocenters. The molecule has 0 spiro atoms. The molecule has 116 valence electrons. The molecule has 2 N–H and O–H groups in total. The van der Waals surface area contributed by atoms with E-state index in [0.29, 0.717) is 28.0 Å². The van der Waals surface area contributed by atoms with Crippen LogP contribution in [0.1, 0.15) is 18.2 Å². The summed E-state index contributed by atoms with van der Waals surface area (Å²) < 4.78 is 4.85. The predicted molar refractivity (Wildman–Crippen MR) is 86.8 cm³/mol. The Morgan fingerprint density at radius 3 is 3.18 bits per heavy atom. The Morgan fingerprint density at radius 2 is 2.41 bits per heavy atom. The average Bonchev–Trinajstić information content (AvgIpc) is 2.90. The number of carbonyl (C=O) groups is 1. The summed E-state index contributed by atoms with van der Waals surface area (Å²) in [6.45, 7) is 2.10. The fraction of sp³-hybridized carbons (Fsp3) is 0.214. The lowest BCUT2D eigenvalue weighted by molar-refractivity contribution is -0.142. The molecule has 0 aliphatic carbocycles. The second-order valence-corrected chi connectivity index (χ2v) is 5.49. The molecule has 6 nitrogen and oxygen atoms in total. The van der Waals surface area contributed by atoms with E-state index in [9.17, 15) is 9.90 Å². The standard InChI is InChI=1S/C14H14ClN3O3S/c1-2-21-13(20)6-11-8-22-14(17-11)18-16-7-9-5-10(15)3-4-12(9)19/h3-5,7-8,19H,2,6H2,1H3,(H,17,18). The molecule has 8 heteroatoms. The minimum atomic E-state index is -0.313. The summed E-state index contributed by atoms with van der Waals surface area (Å²) in [4.78, 5) is 15.6. The first-order valence-corrected chi connectivity index (χ1v) is 7.72. The second-order valence-electron chi connectivity index (χ2n) is 4.20. The van der Waals surface area contributed by atoms with E-state index in [1.54, 1.807) is 24.4 Å². The number of nitrogens with zero attached hydrogens (tertiary/aromatic N) is 2. The number of aromatic nitrogens is 1. The zero-order valence-corrected chi connectivity index (χ0v) is 13.3. The third kappa shape index (κ3) is 4.71. The van der Waals surface area contributed by atoms with Gasteiger partial charge in [-0.2, -0.15) is 5.10 Å². The van der Waals surface area contributed by atoms with Crippen LogP contribution < -0.4 is 5.43 Å². The van der Waals surface area contributed by atoms with Gasteiger partial charge in [-0.3, -0.25) is 10.2 Å². The number of hydrogen-bond acceptors (Lipinski definition) is 7. The maximum Gasteiger partial charge on any atom is 0.311 e. The van der Waals surface area contributed by atoms with E-state index in [1.165, 1.54) is 23.6 Å². The molecule has 0 saturated carbocycles. The van der Waals surface area contributed by atoms with Crippen molar-refractivity contribution in [1.82, 2.24) is 4.98 Å². The Labute approximate surface area is 136 Å². The number of hydrazone groups is 1. The SMILES string of the molecule is CCOC(=O)Cc1csc(NN=Cc2cc(Cl)ccc2O)n1. The molecule has 0 radical (unpaired) electrons. The van der Waals surface area contributed by atoms with Crippen LogP contribution in [0.2, 0.25) is 5.02 Å². The Kier molecular flexibility index (Phi) is 5.74. The lowest BCUT2D eigenvalue weighted by atomic mass is 10.2. The van der Waals surface area contributed by atoms with Gasteiger partial charge < -0.3 is 9.84 Å². The molecule has 0 amide bonds. The lowest BCUT2D eigenvalue weighted by Gasteiger charge is -1.99. The van der Waals surface area contributed by atoms with Gasteiger partial charge in [0.1, 0.15) is 5.75 Å². The van der Waals surface area contributed by atoms with Gasteiger partial charge in [-0.25, -0.2) is 4.98 Å². The Morgan fingerprint density at radius 1 is 1.59 bits per heavy atom. The number of esters is 1. The summed E-state index contributed by atoms with van der Waals surface area (Å²) in [6.07, 6.45) is 1.57. The van der Waals surface area contributed by atoms with Gasteiger partial charge in [0.15, 0.2) is 0 Å². The van der Waals surface area contributed by atoms with Gasteiger partial charge in [0.2, 0.25) is 5.13 Å². The number of anilines is 1. The van der Waals surface area contributed by atoms with Crippen LogP contribution in [-0.2, 0) is 16.0 Å². The zero-order valence-electron chi connectivity index (χ0n) is 11.7. The summed E-state index contributed by atoms with van der Waals surface area (Å²) >= 11 is 7.16. The zero-order chi connectivity index (χ0) is 15.9. The highest BCUT2D eigenvalue weighted by Gasteiger charge is 2.08. The molecule has 1 heterocycles. The van der Waals surface area contributed by atoms with Crippen LogP contribution in [0.5, 0.6) is 5.75 Å². The van der Waals surface area contributed by atoms with Gasteiger partial charge in [0.25, 0.3) is 0 Å². The summed E-state index contributed by atoms with van der Waals surface area (Å²) in [5.41, 5.74) is 3.84. The van der Waals surface area contributed by atoms with Gasteiger partial charge in [-0.15, -0.1) is 11.3 Å². The van der Waals surface area contributed by atoms with Gasteiger partial charge in [0.05, 0.1) is 24.9 Å². The van der Waals surface area contributed by atoms with Crippen molar-refractivity contribution in [3.8, 4) is 5.75 Å². The third-order valence-corrected chi connectivity index (χ3v) is 3.57. The van der Waals surface area contributed by atoms with Crippen molar-refractivity contribution in [2.75, 3.05) is 12.0 Å². The number of nitrogens with one attached hydrogen (secondary N) is 1. The fourth-order valence-electron chi connectivity index (χ4n) is 1.59. The maximum absolute atomic E-state index is 11.3. The predicted octanol–water partition coefficient (Wildman–Crippen LogP) is 3.05. The number of ether oxygens (including phenoxy) is 1. The van der Waals surface area contributed by atoms with E-state index in [4.69, 9.17) is 16.3 Å². The van der Waals surface area contributed by atoms with Crippen LogP contribution in [-0.4, -0.2) is 28.9 Å². The summed E-state index contributed by atoms with van der Waals surface area (Å²) in [5.74, 6) is -0.233. The molecule has 1 aromatic heterocycles. The third-order valence-electron chi connectivity index (χ3n) is 2.54. The topological polar surface area (TPSA) is 83.8 Å². The van der Waals surface area contributed by atoms with E-state index in [-0.39, 0.29) is 18.1 Å². The van der Waals surface area contributed by atoms with E-state index < -0.39 is 0 Å². The molecule has 1 aromatic carbocycles. The first-order chi connectivity index (χ1) is 10.6. The van der Waals surface area contributed by atoms with Crippen LogP contribution in [0.4, 0.5) is 5.13 Å². The number of phenols is 1. The average molecular weight is 340 g/mol. The van der Waals surface area contributed by atoms with E-state index in [0.717, 1.165) is 0 Å². The maximum atomic E-state index is 11.3. The van der Waals surface area contributed by atoms with Crippen molar-refractivity contribution in [2.45, 2.75) is 13.3 Å². The molecule has 2 aromatic rings. The summed E-state index contributed by atoms with van der Waals surface area (Å²) in [6, 6.07) is 4.67. The molecule has 0 saturated heterocycles. The first kappa shape index (κ1) is 16.3. The second kappa shape index (κ2) is 7.77. The molecule has 0 aliphatic rings. The number of rotatable bonds is 6. The van der Waals surface area contributed by atoms with Crippen molar-refractivity contribution in [3.63, 3.8) is 0 Å². The molecule has 0 aliphatic heterocycles. The Bertz CT molecular complexity index is 688. The monoisotopic (exact) mass is 339 g/mol. The summed E-state index contributed by atoms with van der Waals surface area (Å²) in [7, 11) is 0. The van der Waals surface area contributed by atoms with Gasteiger partial charge in [0, 0.05) is 16.0 Å². The van der Waals surface area contributed by atoms with Crippen LogP contribution in [0.15, 0.2) is 28.7 Å². The van der Waals surface area contributed by atoms with Gasteiger partial charge in [-0.05, 0) is 25.1 Å². The van der Waals surface area contributed by atoms with Crippen LogP contribution in [0, 0.1) is 0 Å². The molecule has 2 rings (SSSR count). The number of phenolic OH excluding ortho intramolecular Hbond substituents is 1. The number of aromatic hydroxyl groups is 1. The van der Waals surface area contributed by atoms with Crippen molar-refractivity contribution in [3.05, 3.63) is 39.9 Å². The highest BCUT2D eigenvalue weighted by molar-refractivity contribution is 7.13. The molecule has 0 unspecified atom stereocenters. The lowest BCUT2D eigenvalue weighted by Crippen LogP contribution is -2.07. The first-order valence-electron chi connectivity index (χ1n) is 6.46. The van der Waals surface area contributed by atoms with Crippen LogP contribution in [0.3, 0.4) is 0 Å². The minimum absolute atomic E-state index is 0.0806. The van der Waals surface area contributed by atoms with E-state index in [2.05, 4.69) is 15.5 Å². The Hall–Kier alpha value is -2.12. The molecular formula is C14H14ClN3O3S. The van der Waals surface area contributed by atoms with Crippen molar-refractivity contribution >= 4 is 40.3 Å². The van der Waals surface area contributed by atoms with Crippen molar-refractivity contribution < 1.29 is 14.6 Å². The van der Waals surface area contributed by atoms with Gasteiger partial charge in [-0.1, -0.05) is 11.6 Å². The molecule has 0 bridgehead atoms. The number of thiazole rings is 1. The van der Waals surface area contributed by atoms with Crippen LogP contribution >= 0.6 is 22.9 Å². The van der Waals surface area contributed by atoms with E-state index in [1.807, 2.05) is 0 Å². The highest BCUT2D eigenvalue weighted by Crippen LogP contribution is 2.20. The normalized spacial score (nSPS) is 10.8. The number of halogens is 1. The summed E-state index contributed by atoms with van der Waals surface area (Å²) in [5, 5.41) is 16.4. The van der Waals surface area contributed by atoms with Gasteiger partial charge >= 0.3 is 5.97 Å². The minimum Gasteiger partial charge on any atom is -0.507 e. The fourth-order valence-corrected chi connectivity index (χ4v) is 2.42. The van der Waals surface area contributed by atoms with Crippen LogP contribution in [0.25, 0.3) is 0 Å². The highest BCUT2D eigenvalue weighted by atomic mass is 35.5.